The molecule has 1 aromatic carbocycles. The summed E-state index contributed by atoms with van der Waals surface area (Å²) in [5.74, 6) is -1.25. The quantitative estimate of drug-likeness (QED) is 0.918. The Bertz CT molecular complexity index is 573. The molecule has 0 saturated carbocycles. The molecule has 0 saturated heterocycles. The molecule has 0 spiro atoms. The summed E-state index contributed by atoms with van der Waals surface area (Å²) >= 11 is 0. The Kier molecular flexibility index (Phi) is 4.37. The van der Waals surface area contributed by atoms with Gasteiger partial charge in [0.1, 0.15) is 0 Å². The second-order valence-corrected chi connectivity index (χ2v) is 7.64. The third kappa shape index (κ3) is 3.78. The summed E-state index contributed by atoms with van der Waals surface area (Å²) in [6.07, 6.45) is 0. The van der Waals surface area contributed by atoms with Gasteiger partial charge in [0.15, 0.2) is 0 Å². The third-order valence-corrected chi connectivity index (χ3v) is 4.36. The summed E-state index contributed by atoms with van der Waals surface area (Å²) in [7, 11) is -2.34. The first kappa shape index (κ1) is 15.7. The maximum Gasteiger partial charge on any atom is 0.337 e. The predicted octanol–water partition coefficient (Wildman–Crippen LogP) is 2.05. The van der Waals surface area contributed by atoms with Crippen molar-refractivity contribution in [3.8, 4) is 0 Å². The molecule has 0 fully saturated rings. The lowest BCUT2D eigenvalue weighted by atomic mass is 9.97. The summed E-state index contributed by atoms with van der Waals surface area (Å²) in [4.78, 5) is 10.9. The maximum atomic E-state index is 12.4. The molecular formula is C13H19NO4S. The van der Waals surface area contributed by atoms with Gasteiger partial charge in [-0.15, -0.1) is 0 Å². The van der Waals surface area contributed by atoms with Crippen LogP contribution in [0.2, 0.25) is 0 Å². The molecule has 1 rings (SSSR count). The van der Waals surface area contributed by atoms with Crippen LogP contribution in [0.1, 0.15) is 31.1 Å². The lowest BCUT2D eigenvalue weighted by Crippen LogP contribution is -2.35. The van der Waals surface area contributed by atoms with Crippen LogP contribution in [0.5, 0.6) is 0 Å². The molecule has 0 aliphatic heterocycles. The summed E-state index contributed by atoms with van der Waals surface area (Å²) < 4.78 is 26.0. The SMILES string of the molecule is CN(CC(C)(C)C)S(=O)(=O)c1ccccc1C(=O)O. The van der Waals surface area contributed by atoms with E-state index < -0.39 is 16.0 Å². The number of carboxylic acids is 1. The fourth-order valence-corrected chi connectivity index (χ4v) is 3.37. The molecule has 19 heavy (non-hydrogen) atoms. The van der Waals surface area contributed by atoms with Crippen LogP contribution in [0.4, 0.5) is 0 Å². The number of hydrogen-bond acceptors (Lipinski definition) is 3. The highest BCUT2D eigenvalue weighted by atomic mass is 32.2. The minimum absolute atomic E-state index is 0.172. The monoisotopic (exact) mass is 285 g/mol. The van der Waals surface area contributed by atoms with Crippen LogP contribution in [-0.2, 0) is 10.0 Å². The highest BCUT2D eigenvalue weighted by Crippen LogP contribution is 2.23. The van der Waals surface area contributed by atoms with Gasteiger partial charge in [0.25, 0.3) is 0 Å². The van der Waals surface area contributed by atoms with Crippen molar-refractivity contribution in [1.82, 2.24) is 4.31 Å². The second kappa shape index (κ2) is 5.30. The molecule has 0 aliphatic rings. The van der Waals surface area contributed by atoms with Crippen LogP contribution in [0, 0.1) is 5.41 Å². The van der Waals surface area contributed by atoms with Crippen LogP contribution in [0.15, 0.2) is 29.2 Å². The first-order valence-corrected chi connectivity index (χ1v) is 7.28. The van der Waals surface area contributed by atoms with Gasteiger partial charge in [-0.05, 0) is 17.5 Å². The highest BCUT2D eigenvalue weighted by Gasteiger charge is 2.28. The molecular weight excluding hydrogens is 266 g/mol. The Labute approximate surface area is 113 Å². The van der Waals surface area contributed by atoms with Crippen LogP contribution in [0.25, 0.3) is 0 Å². The molecule has 1 aromatic rings. The highest BCUT2D eigenvalue weighted by molar-refractivity contribution is 7.89. The van der Waals surface area contributed by atoms with Gasteiger partial charge >= 0.3 is 5.97 Å². The predicted molar refractivity (Wildman–Crippen MR) is 72.7 cm³/mol. The molecule has 6 heteroatoms. The normalized spacial score (nSPS) is 12.7. The first-order valence-electron chi connectivity index (χ1n) is 5.84. The summed E-state index contributed by atoms with van der Waals surface area (Å²) in [6.45, 7) is 6.07. The molecule has 0 unspecified atom stereocenters. The second-order valence-electron chi connectivity index (χ2n) is 5.62. The van der Waals surface area contributed by atoms with E-state index in [0.29, 0.717) is 6.54 Å². The van der Waals surface area contributed by atoms with Gasteiger partial charge in [0, 0.05) is 13.6 Å². The third-order valence-electron chi connectivity index (χ3n) is 2.50. The van der Waals surface area contributed by atoms with Crippen LogP contribution >= 0.6 is 0 Å². The van der Waals surface area contributed by atoms with Crippen molar-refractivity contribution in [3.63, 3.8) is 0 Å². The Morgan fingerprint density at radius 1 is 1.26 bits per heavy atom. The van der Waals surface area contributed by atoms with E-state index in [1.165, 1.54) is 35.6 Å². The lowest BCUT2D eigenvalue weighted by molar-refractivity contribution is 0.0692. The Morgan fingerprint density at radius 2 is 1.79 bits per heavy atom. The smallest absolute Gasteiger partial charge is 0.337 e. The molecule has 0 aromatic heterocycles. The summed E-state index contributed by atoms with van der Waals surface area (Å²) in [5, 5.41) is 9.06. The minimum atomic E-state index is -3.80. The van der Waals surface area contributed by atoms with Gasteiger partial charge in [-0.2, -0.15) is 0 Å². The van der Waals surface area contributed by atoms with E-state index in [1.807, 2.05) is 20.8 Å². The van der Waals surface area contributed by atoms with Crippen LogP contribution in [-0.4, -0.2) is 37.4 Å². The number of sulfonamides is 1. The van der Waals surface area contributed by atoms with Crippen molar-refractivity contribution in [1.29, 1.82) is 0 Å². The summed E-state index contributed by atoms with van der Waals surface area (Å²) in [6, 6.07) is 5.63. The molecule has 0 heterocycles. The van der Waals surface area contributed by atoms with E-state index in [0.717, 1.165) is 0 Å². The topological polar surface area (TPSA) is 74.7 Å². The standard InChI is InChI=1S/C13H19NO4S/c1-13(2,3)9-14(4)19(17,18)11-8-6-5-7-10(11)12(15)16/h5-8H,9H2,1-4H3,(H,15,16). The molecule has 5 nitrogen and oxygen atoms in total. The lowest BCUT2D eigenvalue weighted by Gasteiger charge is -2.26. The Morgan fingerprint density at radius 3 is 2.26 bits per heavy atom. The number of aromatic carboxylic acids is 1. The molecule has 0 atom stereocenters. The van der Waals surface area contributed by atoms with Crippen LogP contribution < -0.4 is 0 Å². The zero-order chi connectivity index (χ0) is 14.8. The fraction of sp³-hybridized carbons (Fsp3) is 0.462. The van der Waals surface area contributed by atoms with E-state index in [2.05, 4.69) is 0 Å². The minimum Gasteiger partial charge on any atom is -0.478 e. The number of hydrogen-bond donors (Lipinski definition) is 1. The fourth-order valence-electron chi connectivity index (χ4n) is 1.79. The maximum absolute atomic E-state index is 12.4. The van der Waals surface area contributed by atoms with E-state index in [4.69, 9.17) is 5.11 Å². The number of carboxylic acid groups (broad SMARTS) is 1. The van der Waals surface area contributed by atoms with Crippen molar-refractivity contribution in [2.24, 2.45) is 5.41 Å². The zero-order valence-corrected chi connectivity index (χ0v) is 12.4. The van der Waals surface area contributed by atoms with E-state index in [9.17, 15) is 13.2 Å². The van der Waals surface area contributed by atoms with Gasteiger partial charge in [0.05, 0.1) is 10.5 Å². The van der Waals surface area contributed by atoms with Crippen molar-refractivity contribution < 1.29 is 18.3 Å². The van der Waals surface area contributed by atoms with Gasteiger partial charge in [-0.1, -0.05) is 32.9 Å². The largest absolute Gasteiger partial charge is 0.478 e. The number of carbonyl (C=O) groups is 1. The number of nitrogens with zero attached hydrogens (tertiary/aromatic N) is 1. The zero-order valence-electron chi connectivity index (χ0n) is 11.5. The van der Waals surface area contributed by atoms with Crippen LogP contribution in [0.3, 0.4) is 0 Å². The number of benzene rings is 1. The number of rotatable bonds is 4. The molecule has 0 radical (unpaired) electrons. The van der Waals surface area contributed by atoms with E-state index >= 15 is 0 Å². The first-order chi connectivity index (χ1) is 8.55. The Hall–Kier alpha value is -1.40. The molecule has 1 N–H and O–H groups in total. The van der Waals surface area contributed by atoms with Gasteiger partial charge in [-0.25, -0.2) is 17.5 Å². The van der Waals surface area contributed by atoms with Gasteiger partial charge < -0.3 is 5.11 Å². The average Bonchev–Trinajstić information content (AvgIpc) is 2.26. The van der Waals surface area contributed by atoms with Crippen molar-refractivity contribution in [2.75, 3.05) is 13.6 Å². The van der Waals surface area contributed by atoms with Gasteiger partial charge in [0.2, 0.25) is 10.0 Å². The van der Waals surface area contributed by atoms with E-state index in [1.54, 1.807) is 0 Å². The van der Waals surface area contributed by atoms with Gasteiger partial charge in [-0.3, -0.25) is 0 Å². The van der Waals surface area contributed by atoms with Crippen molar-refractivity contribution in [2.45, 2.75) is 25.7 Å². The average molecular weight is 285 g/mol. The molecule has 106 valence electrons. The van der Waals surface area contributed by atoms with Crippen molar-refractivity contribution >= 4 is 16.0 Å². The Balaban J connectivity index is 3.25. The molecule has 0 amide bonds. The summed E-state index contributed by atoms with van der Waals surface area (Å²) in [5.41, 5.74) is -0.414. The molecule has 0 aliphatic carbocycles. The molecule has 0 bridgehead atoms. The van der Waals surface area contributed by atoms with Crippen molar-refractivity contribution in [3.05, 3.63) is 29.8 Å². The van der Waals surface area contributed by atoms with E-state index in [-0.39, 0.29) is 15.9 Å².